The Balaban J connectivity index is 1.20. The molecule has 12 rings (SSSR count). The number of para-hydroxylation sites is 2. The van der Waals surface area contributed by atoms with Gasteiger partial charge in [0.2, 0.25) is 5.95 Å². The minimum atomic E-state index is 0.578. The second-order valence-corrected chi connectivity index (χ2v) is 15.1. The Morgan fingerprint density at radius 3 is 1.73 bits per heavy atom. The van der Waals surface area contributed by atoms with Crippen LogP contribution < -0.4 is 0 Å². The van der Waals surface area contributed by atoms with Crippen molar-refractivity contribution in [3.63, 3.8) is 0 Å². The van der Waals surface area contributed by atoms with Crippen LogP contribution in [-0.4, -0.2) is 24.1 Å². The summed E-state index contributed by atoms with van der Waals surface area (Å²) in [6, 6.07) is 62.6. The molecule has 0 N–H and O–H groups in total. The van der Waals surface area contributed by atoms with Crippen molar-refractivity contribution in [2.75, 3.05) is 0 Å². The number of nitrogens with zero attached hydrogens (tertiary/aromatic N) is 5. The number of fused-ring (bicyclic) bond motifs is 11. The van der Waals surface area contributed by atoms with E-state index in [4.69, 9.17) is 15.0 Å². The highest BCUT2D eigenvalue weighted by atomic mass is 32.1. The average Bonchev–Trinajstić information content (AvgIpc) is 3.91. The monoisotopic (exact) mass is 719 g/mol. The van der Waals surface area contributed by atoms with Crippen LogP contribution in [0.25, 0.3) is 109 Å². The summed E-state index contributed by atoms with van der Waals surface area (Å²) in [5.41, 5.74) is 7.35. The number of rotatable bonds is 4. The molecule has 4 heterocycles. The number of benzene rings is 8. The maximum absolute atomic E-state index is 5.37. The third-order valence-corrected chi connectivity index (χ3v) is 12.1. The molecule has 55 heavy (non-hydrogen) atoms. The molecule has 4 aromatic heterocycles. The first-order chi connectivity index (χ1) is 27.3. The van der Waals surface area contributed by atoms with E-state index in [-0.39, 0.29) is 0 Å². The molecule has 0 atom stereocenters. The molecule has 0 saturated heterocycles. The van der Waals surface area contributed by atoms with E-state index in [9.17, 15) is 0 Å². The minimum Gasteiger partial charge on any atom is -0.307 e. The molecule has 8 aromatic carbocycles. The van der Waals surface area contributed by atoms with Crippen LogP contribution in [0.1, 0.15) is 0 Å². The average molecular weight is 720 g/mol. The van der Waals surface area contributed by atoms with Gasteiger partial charge in [-0.3, -0.25) is 4.57 Å². The summed E-state index contributed by atoms with van der Waals surface area (Å²) in [5.74, 6) is 1.84. The van der Waals surface area contributed by atoms with Crippen molar-refractivity contribution >= 4 is 85.9 Å². The molecule has 0 radical (unpaired) electrons. The normalized spacial score (nSPS) is 12.0. The lowest BCUT2D eigenvalue weighted by Gasteiger charge is -2.14. The molecular formula is C49H29N5S. The van der Waals surface area contributed by atoms with Gasteiger partial charge in [-0.25, -0.2) is 4.98 Å². The lowest BCUT2D eigenvalue weighted by molar-refractivity contribution is 0.953. The number of hydrogen-bond donors (Lipinski definition) is 0. The second-order valence-electron chi connectivity index (χ2n) is 14.1. The smallest absolute Gasteiger partial charge is 0.238 e. The van der Waals surface area contributed by atoms with Crippen molar-refractivity contribution in [2.24, 2.45) is 0 Å². The van der Waals surface area contributed by atoms with Crippen molar-refractivity contribution in [2.45, 2.75) is 0 Å². The van der Waals surface area contributed by atoms with Crippen molar-refractivity contribution in [3.8, 4) is 34.4 Å². The summed E-state index contributed by atoms with van der Waals surface area (Å²) >= 11 is 1.80. The Morgan fingerprint density at radius 2 is 0.945 bits per heavy atom. The van der Waals surface area contributed by atoms with E-state index in [0.717, 1.165) is 49.7 Å². The zero-order chi connectivity index (χ0) is 36.0. The van der Waals surface area contributed by atoms with Gasteiger partial charge in [-0.05, 0) is 47.2 Å². The van der Waals surface area contributed by atoms with E-state index < -0.39 is 0 Å². The van der Waals surface area contributed by atoms with Crippen LogP contribution >= 0.6 is 11.3 Å². The maximum Gasteiger partial charge on any atom is 0.238 e. The number of aromatic nitrogens is 5. The molecule has 12 aromatic rings. The van der Waals surface area contributed by atoms with E-state index in [1.165, 1.54) is 41.7 Å². The fraction of sp³-hybridized carbons (Fsp3) is 0. The van der Waals surface area contributed by atoms with Crippen LogP contribution in [0.3, 0.4) is 0 Å². The first-order valence-corrected chi connectivity index (χ1v) is 19.3. The zero-order valence-corrected chi connectivity index (χ0v) is 30.2. The van der Waals surface area contributed by atoms with Crippen molar-refractivity contribution in [1.82, 2.24) is 24.1 Å². The first-order valence-electron chi connectivity index (χ1n) is 18.4. The number of thiophene rings is 1. The van der Waals surface area contributed by atoms with Crippen LogP contribution in [-0.2, 0) is 0 Å². The molecule has 0 amide bonds. The molecule has 5 nitrogen and oxygen atoms in total. The van der Waals surface area contributed by atoms with Gasteiger partial charge in [-0.15, -0.1) is 11.3 Å². The summed E-state index contributed by atoms with van der Waals surface area (Å²) in [6.45, 7) is 0. The molecule has 0 spiro atoms. The molecule has 0 bridgehead atoms. The van der Waals surface area contributed by atoms with E-state index in [1.807, 2.05) is 18.2 Å². The van der Waals surface area contributed by atoms with E-state index in [1.54, 1.807) is 11.3 Å². The summed E-state index contributed by atoms with van der Waals surface area (Å²) in [6.07, 6.45) is 0. The van der Waals surface area contributed by atoms with Crippen LogP contribution in [0, 0.1) is 0 Å². The summed E-state index contributed by atoms with van der Waals surface area (Å²) in [7, 11) is 0. The third kappa shape index (κ3) is 4.55. The topological polar surface area (TPSA) is 48.5 Å². The largest absolute Gasteiger partial charge is 0.307 e. The summed E-state index contributed by atoms with van der Waals surface area (Å²) in [5, 5.41) is 9.58. The molecule has 256 valence electrons. The predicted octanol–water partition coefficient (Wildman–Crippen LogP) is 12.9. The van der Waals surface area contributed by atoms with Crippen LogP contribution in [0.15, 0.2) is 176 Å². The molecule has 0 fully saturated rings. The molecule has 0 aliphatic rings. The van der Waals surface area contributed by atoms with Gasteiger partial charge in [0, 0.05) is 58.5 Å². The minimum absolute atomic E-state index is 0.578. The van der Waals surface area contributed by atoms with E-state index >= 15 is 0 Å². The van der Waals surface area contributed by atoms with E-state index in [0.29, 0.717) is 17.6 Å². The highest BCUT2D eigenvalue weighted by Gasteiger charge is 2.23. The van der Waals surface area contributed by atoms with Gasteiger partial charge in [0.15, 0.2) is 11.6 Å². The van der Waals surface area contributed by atoms with Gasteiger partial charge in [0.1, 0.15) is 0 Å². The predicted molar refractivity (Wildman–Crippen MR) is 230 cm³/mol. The molecule has 0 unspecified atom stereocenters. The van der Waals surface area contributed by atoms with Gasteiger partial charge >= 0.3 is 0 Å². The van der Waals surface area contributed by atoms with Crippen LogP contribution in [0.4, 0.5) is 0 Å². The van der Waals surface area contributed by atoms with Crippen molar-refractivity contribution < 1.29 is 0 Å². The molecule has 6 heteroatoms. The fourth-order valence-corrected chi connectivity index (χ4v) is 9.61. The zero-order valence-electron chi connectivity index (χ0n) is 29.4. The Morgan fingerprint density at radius 1 is 0.364 bits per heavy atom. The molecular weight excluding hydrogens is 691 g/mol. The first kappa shape index (κ1) is 30.3. The van der Waals surface area contributed by atoms with Crippen molar-refractivity contribution in [3.05, 3.63) is 176 Å². The van der Waals surface area contributed by atoms with Gasteiger partial charge < -0.3 is 4.57 Å². The number of hydrogen-bond acceptors (Lipinski definition) is 4. The highest BCUT2D eigenvalue weighted by molar-refractivity contribution is 7.25. The summed E-state index contributed by atoms with van der Waals surface area (Å²) < 4.78 is 7.16. The Bertz CT molecular complexity index is 3500. The maximum atomic E-state index is 5.37. The van der Waals surface area contributed by atoms with Gasteiger partial charge in [0.05, 0.1) is 22.1 Å². The second kappa shape index (κ2) is 11.7. The van der Waals surface area contributed by atoms with Crippen LogP contribution in [0.2, 0.25) is 0 Å². The van der Waals surface area contributed by atoms with Gasteiger partial charge in [-0.1, -0.05) is 140 Å². The summed E-state index contributed by atoms with van der Waals surface area (Å²) in [4.78, 5) is 15.8. The van der Waals surface area contributed by atoms with Gasteiger partial charge in [-0.2, -0.15) is 9.97 Å². The van der Waals surface area contributed by atoms with Gasteiger partial charge in [0.25, 0.3) is 0 Å². The van der Waals surface area contributed by atoms with E-state index in [2.05, 4.69) is 167 Å². The standard InChI is InChI=1S/C49H29N5S/c1-2-13-31(14-3-1)47-50-48(33-23-25-38-37-18-8-11-21-43(37)55-44(38)29-33)52-49(51-47)54-42-20-10-7-17-36(42)40-27-26-39-35-16-6-9-19-41(35)53(45(39)46(40)54)34-24-22-30-12-4-5-15-32(30)28-34/h1-29H. The molecule has 0 saturated carbocycles. The highest BCUT2D eigenvalue weighted by Crippen LogP contribution is 2.42. The SMILES string of the molecule is c1ccc(-c2nc(-c3ccc4c(c3)sc3ccccc34)nc(-n3c4ccccc4c4ccc5c6ccccc6n(-c6ccc7ccccc7c6)c5c43)n2)cc1. The lowest BCUT2D eigenvalue weighted by Crippen LogP contribution is -2.07. The quantitative estimate of drug-likeness (QED) is 0.182. The fourth-order valence-electron chi connectivity index (χ4n) is 8.47. The Hall–Kier alpha value is -7.15. The van der Waals surface area contributed by atoms with Crippen LogP contribution in [0.5, 0.6) is 0 Å². The molecule has 0 aliphatic heterocycles. The molecule has 0 aliphatic carbocycles. The lowest BCUT2D eigenvalue weighted by atomic mass is 10.1. The third-order valence-electron chi connectivity index (χ3n) is 11.0. The Kier molecular flexibility index (Phi) is 6.44. The Labute approximate surface area is 319 Å². The van der Waals surface area contributed by atoms with Crippen molar-refractivity contribution in [1.29, 1.82) is 0 Å².